The second-order valence-electron chi connectivity index (χ2n) is 5.74. The minimum atomic E-state index is -3.65. The normalized spacial score (nSPS) is 17.7. The fraction of sp³-hybridized carbons (Fsp3) is 0.333. The van der Waals surface area contributed by atoms with E-state index in [-0.39, 0.29) is 4.90 Å². The zero-order valence-corrected chi connectivity index (χ0v) is 18.4. The molecule has 0 aliphatic carbocycles. The van der Waals surface area contributed by atoms with Gasteiger partial charge in [0, 0.05) is 28.4 Å². The molecule has 0 amide bonds. The van der Waals surface area contributed by atoms with E-state index in [0.29, 0.717) is 29.5 Å². The van der Waals surface area contributed by atoms with Crippen LogP contribution in [0.4, 0.5) is 0 Å². The van der Waals surface area contributed by atoms with Crippen LogP contribution in [0.3, 0.4) is 0 Å². The molecule has 1 atom stereocenters. The van der Waals surface area contributed by atoms with Gasteiger partial charge in [0.1, 0.15) is 5.75 Å². The van der Waals surface area contributed by atoms with Gasteiger partial charge in [-0.15, -0.1) is 11.8 Å². The topological polar surface area (TPSA) is 65.1 Å². The SMILES string of the molecule is COc1cc(OC)c(C2SCCN2S(=O)(=O)c2ccc(Br)cc2)cc1OC. The number of methoxy groups -OCH3 is 3. The first-order valence-electron chi connectivity index (χ1n) is 8.11. The lowest BCUT2D eigenvalue weighted by Gasteiger charge is -2.25. The molecular formula is C18H20BrNO5S2. The van der Waals surface area contributed by atoms with E-state index in [4.69, 9.17) is 14.2 Å². The van der Waals surface area contributed by atoms with Gasteiger partial charge >= 0.3 is 0 Å². The van der Waals surface area contributed by atoms with Crippen molar-refractivity contribution in [2.75, 3.05) is 33.6 Å². The second kappa shape index (κ2) is 8.30. The molecule has 2 aromatic rings. The second-order valence-corrected chi connectivity index (χ2v) is 9.74. The number of sulfonamides is 1. The molecule has 1 heterocycles. The summed E-state index contributed by atoms with van der Waals surface area (Å²) in [6.45, 7) is 0.422. The lowest BCUT2D eigenvalue weighted by molar-refractivity contribution is 0.344. The Kier molecular flexibility index (Phi) is 6.25. The summed E-state index contributed by atoms with van der Waals surface area (Å²) in [5.41, 5.74) is 0.735. The van der Waals surface area contributed by atoms with Gasteiger partial charge in [-0.05, 0) is 30.3 Å². The number of halogens is 1. The van der Waals surface area contributed by atoms with Crippen LogP contribution in [0.5, 0.6) is 17.2 Å². The summed E-state index contributed by atoms with van der Waals surface area (Å²) in [4.78, 5) is 0.262. The van der Waals surface area contributed by atoms with Crippen molar-refractivity contribution in [1.29, 1.82) is 0 Å². The Morgan fingerprint density at radius 2 is 1.59 bits per heavy atom. The van der Waals surface area contributed by atoms with Gasteiger partial charge in [0.05, 0.1) is 31.6 Å². The zero-order valence-electron chi connectivity index (χ0n) is 15.1. The minimum absolute atomic E-state index is 0.262. The Hall–Kier alpha value is -1.42. The molecule has 1 aliphatic heterocycles. The highest BCUT2D eigenvalue weighted by Crippen LogP contribution is 2.47. The maximum atomic E-state index is 13.2. The van der Waals surface area contributed by atoms with Crippen LogP contribution in [-0.4, -0.2) is 46.4 Å². The van der Waals surface area contributed by atoms with Gasteiger partial charge in [-0.2, -0.15) is 4.31 Å². The zero-order chi connectivity index (χ0) is 19.6. The number of rotatable bonds is 6. The Labute approximate surface area is 172 Å². The van der Waals surface area contributed by atoms with Crippen molar-refractivity contribution < 1.29 is 22.6 Å². The van der Waals surface area contributed by atoms with Crippen LogP contribution in [0, 0.1) is 0 Å². The molecule has 1 aliphatic rings. The largest absolute Gasteiger partial charge is 0.496 e. The van der Waals surface area contributed by atoms with Gasteiger partial charge in [0.25, 0.3) is 0 Å². The molecule has 3 rings (SSSR count). The van der Waals surface area contributed by atoms with Crippen molar-refractivity contribution in [2.45, 2.75) is 10.3 Å². The number of hydrogen-bond donors (Lipinski definition) is 0. The van der Waals surface area contributed by atoms with Gasteiger partial charge in [0.15, 0.2) is 11.5 Å². The first-order valence-corrected chi connectivity index (χ1v) is 11.4. The highest BCUT2D eigenvalue weighted by atomic mass is 79.9. The summed E-state index contributed by atoms with van der Waals surface area (Å²) in [5, 5.41) is -0.409. The van der Waals surface area contributed by atoms with Gasteiger partial charge in [-0.1, -0.05) is 15.9 Å². The lowest BCUT2D eigenvalue weighted by Crippen LogP contribution is -2.30. The molecule has 2 aromatic carbocycles. The molecule has 1 saturated heterocycles. The lowest BCUT2D eigenvalue weighted by atomic mass is 10.1. The third-order valence-electron chi connectivity index (χ3n) is 4.27. The fourth-order valence-electron chi connectivity index (χ4n) is 2.93. The van der Waals surface area contributed by atoms with E-state index in [1.165, 1.54) is 4.31 Å². The number of ether oxygens (including phenoxy) is 3. The van der Waals surface area contributed by atoms with Crippen molar-refractivity contribution in [3.05, 3.63) is 46.4 Å². The Balaban J connectivity index is 2.05. The number of nitrogens with zero attached hydrogens (tertiary/aromatic N) is 1. The number of hydrogen-bond acceptors (Lipinski definition) is 6. The van der Waals surface area contributed by atoms with E-state index < -0.39 is 15.4 Å². The average Bonchev–Trinajstić information content (AvgIpc) is 3.17. The van der Waals surface area contributed by atoms with Gasteiger partial charge in [-0.3, -0.25) is 0 Å². The summed E-state index contributed by atoms with van der Waals surface area (Å²) in [5.74, 6) is 2.31. The van der Waals surface area contributed by atoms with Gasteiger partial charge < -0.3 is 14.2 Å². The molecule has 0 N–H and O–H groups in total. The highest BCUT2D eigenvalue weighted by Gasteiger charge is 2.38. The van der Waals surface area contributed by atoms with E-state index in [2.05, 4.69) is 15.9 Å². The van der Waals surface area contributed by atoms with Crippen LogP contribution in [0.25, 0.3) is 0 Å². The van der Waals surface area contributed by atoms with Gasteiger partial charge in [0.2, 0.25) is 10.0 Å². The molecule has 27 heavy (non-hydrogen) atoms. The van der Waals surface area contributed by atoms with Crippen LogP contribution < -0.4 is 14.2 Å². The first-order chi connectivity index (χ1) is 12.9. The molecule has 0 aromatic heterocycles. The van der Waals surface area contributed by atoms with Crippen molar-refractivity contribution >= 4 is 37.7 Å². The van der Waals surface area contributed by atoms with E-state index >= 15 is 0 Å². The molecule has 0 bridgehead atoms. The molecule has 1 fully saturated rings. The fourth-order valence-corrected chi connectivity index (χ4v) is 6.44. The molecule has 1 unspecified atom stereocenters. The monoisotopic (exact) mass is 473 g/mol. The van der Waals surface area contributed by atoms with E-state index in [0.717, 1.165) is 10.0 Å². The van der Waals surface area contributed by atoms with Crippen molar-refractivity contribution in [3.8, 4) is 17.2 Å². The molecule has 0 radical (unpaired) electrons. The Bertz CT molecular complexity index is 918. The van der Waals surface area contributed by atoms with Crippen molar-refractivity contribution in [2.24, 2.45) is 0 Å². The van der Waals surface area contributed by atoms with Crippen molar-refractivity contribution in [3.63, 3.8) is 0 Å². The number of thioether (sulfide) groups is 1. The molecule has 6 nitrogen and oxygen atoms in total. The van der Waals surface area contributed by atoms with Crippen LogP contribution in [0.2, 0.25) is 0 Å². The molecule has 146 valence electrons. The summed E-state index contributed by atoms with van der Waals surface area (Å²) in [6, 6.07) is 10.2. The summed E-state index contributed by atoms with van der Waals surface area (Å²) in [6.07, 6.45) is 0. The molecule has 9 heteroatoms. The molecular weight excluding hydrogens is 454 g/mol. The maximum Gasteiger partial charge on any atom is 0.244 e. The standard InChI is InChI=1S/C18H20BrNO5S2/c1-23-15-11-17(25-3)16(24-2)10-14(15)18-20(8-9-26-18)27(21,22)13-6-4-12(19)5-7-13/h4-7,10-11,18H,8-9H2,1-3H3. The average molecular weight is 474 g/mol. The molecule has 0 spiro atoms. The minimum Gasteiger partial charge on any atom is -0.496 e. The third kappa shape index (κ3) is 3.91. The number of benzene rings is 2. The smallest absolute Gasteiger partial charge is 0.244 e. The highest BCUT2D eigenvalue weighted by molar-refractivity contribution is 9.10. The Morgan fingerprint density at radius 3 is 2.19 bits per heavy atom. The van der Waals surface area contributed by atoms with Crippen LogP contribution in [0.15, 0.2) is 45.8 Å². The predicted octanol–water partition coefficient (Wildman–Crippen LogP) is 3.91. The van der Waals surface area contributed by atoms with Gasteiger partial charge in [-0.25, -0.2) is 8.42 Å². The maximum absolute atomic E-state index is 13.2. The summed E-state index contributed by atoms with van der Waals surface area (Å²) >= 11 is 4.89. The quantitative estimate of drug-likeness (QED) is 0.633. The van der Waals surface area contributed by atoms with Crippen LogP contribution in [-0.2, 0) is 10.0 Å². The molecule has 0 saturated carbocycles. The van der Waals surface area contributed by atoms with Crippen LogP contribution >= 0.6 is 27.7 Å². The van der Waals surface area contributed by atoms with Crippen molar-refractivity contribution in [1.82, 2.24) is 4.31 Å². The summed E-state index contributed by atoms with van der Waals surface area (Å²) in [7, 11) is 1.000. The first kappa shape index (κ1) is 20.3. The third-order valence-corrected chi connectivity index (χ3v) is 8.05. The van der Waals surface area contributed by atoms with E-state index in [9.17, 15) is 8.42 Å². The van der Waals surface area contributed by atoms with Crippen LogP contribution in [0.1, 0.15) is 10.9 Å². The van der Waals surface area contributed by atoms with E-state index in [1.807, 2.05) is 0 Å². The van der Waals surface area contributed by atoms with E-state index in [1.54, 1.807) is 69.5 Å². The predicted molar refractivity (Wildman–Crippen MR) is 109 cm³/mol. The summed E-state index contributed by atoms with van der Waals surface area (Å²) < 4.78 is 45.0. The Morgan fingerprint density at radius 1 is 1.00 bits per heavy atom.